The number of aliphatic carboxylic acids is 1. The molecular weight excluding hydrogens is 312 g/mol. The van der Waals surface area contributed by atoms with Gasteiger partial charge >= 0.3 is 5.97 Å². The van der Waals surface area contributed by atoms with Crippen molar-refractivity contribution in [1.29, 1.82) is 0 Å². The third kappa shape index (κ3) is 3.60. The van der Waals surface area contributed by atoms with E-state index in [9.17, 15) is 9.59 Å². The largest absolute Gasteiger partial charge is 0.480 e. The molecular formula is C16H18N4O4. The fraction of sp³-hybridized carbons (Fsp3) is 0.375. The maximum Gasteiger partial charge on any atom is 0.323 e. The summed E-state index contributed by atoms with van der Waals surface area (Å²) in [6.07, 6.45) is 4.29. The third-order valence-corrected chi connectivity index (χ3v) is 4.00. The molecule has 0 radical (unpaired) electrons. The van der Waals surface area contributed by atoms with Gasteiger partial charge in [0.05, 0.1) is 5.69 Å². The molecule has 126 valence electrons. The van der Waals surface area contributed by atoms with Crippen molar-refractivity contribution >= 4 is 11.9 Å². The normalized spacial score (nSPS) is 15.2. The molecule has 1 aromatic heterocycles. The molecule has 2 aromatic rings. The van der Waals surface area contributed by atoms with Crippen LogP contribution in [-0.2, 0) is 9.53 Å². The van der Waals surface area contributed by atoms with Gasteiger partial charge in [-0.05, 0) is 37.1 Å². The molecule has 1 aliphatic heterocycles. The van der Waals surface area contributed by atoms with E-state index in [-0.39, 0.29) is 18.5 Å². The van der Waals surface area contributed by atoms with Crippen molar-refractivity contribution in [2.24, 2.45) is 0 Å². The fourth-order valence-corrected chi connectivity index (χ4v) is 2.77. The minimum absolute atomic E-state index is 0.114. The molecule has 2 heterocycles. The van der Waals surface area contributed by atoms with Gasteiger partial charge in [-0.15, -0.1) is 0 Å². The lowest BCUT2D eigenvalue weighted by atomic mass is 10.1. The molecule has 0 atom stereocenters. The maximum absolute atomic E-state index is 12.8. The first-order chi connectivity index (χ1) is 11.6. The van der Waals surface area contributed by atoms with E-state index in [2.05, 4.69) is 10.1 Å². The van der Waals surface area contributed by atoms with Gasteiger partial charge in [0.2, 0.25) is 0 Å². The highest BCUT2D eigenvalue weighted by molar-refractivity contribution is 5.96. The highest BCUT2D eigenvalue weighted by Gasteiger charge is 2.28. The molecule has 1 saturated heterocycles. The minimum Gasteiger partial charge on any atom is -0.480 e. The van der Waals surface area contributed by atoms with Gasteiger partial charge < -0.3 is 14.7 Å². The summed E-state index contributed by atoms with van der Waals surface area (Å²) in [7, 11) is 0. The van der Waals surface area contributed by atoms with Gasteiger partial charge in [-0.3, -0.25) is 9.59 Å². The number of rotatable bonds is 5. The van der Waals surface area contributed by atoms with Crippen LogP contribution in [0.25, 0.3) is 5.69 Å². The van der Waals surface area contributed by atoms with Crippen LogP contribution in [0.15, 0.2) is 36.9 Å². The summed E-state index contributed by atoms with van der Waals surface area (Å²) in [4.78, 5) is 29.2. The molecule has 1 N–H and O–H groups in total. The van der Waals surface area contributed by atoms with Crippen LogP contribution in [0.3, 0.4) is 0 Å². The molecule has 0 saturated carbocycles. The zero-order chi connectivity index (χ0) is 16.9. The lowest BCUT2D eigenvalue weighted by molar-refractivity contribution is -0.138. The Morgan fingerprint density at radius 1 is 1.25 bits per heavy atom. The van der Waals surface area contributed by atoms with E-state index < -0.39 is 5.97 Å². The second-order valence-corrected chi connectivity index (χ2v) is 5.56. The van der Waals surface area contributed by atoms with E-state index in [0.29, 0.717) is 31.6 Å². The number of ether oxygens (including phenoxy) is 1. The summed E-state index contributed by atoms with van der Waals surface area (Å²) < 4.78 is 6.88. The average molecular weight is 330 g/mol. The Kier molecular flexibility index (Phi) is 4.85. The number of carbonyl (C=O) groups excluding carboxylic acids is 1. The van der Waals surface area contributed by atoms with Crippen molar-refractivity contribution < 1.29 is 19.4 Å². The van der Waals surface area contributed by atoms with Gasteiger partial charge in [0.25, 0.3) is 5.91 Å². The van der Waals surface area contributed by atoms with Crippen molar-refractivity contribution in [2.45, 2.75) is 18.9 Å². The molecule has 1 fully saturated rings. The molecule has 1 aliphatic rings. The number of benzene rings is 1. The predicted octanol–water partition coefficient (Wildman–Crippen LogP) is 0.973. The maximum atomic E-state index is 12.8. The molecule has 1 amide bonds. The van der Waals surface area contributed by atoms with Crippen molar-refractivity contribution in [3.8, 4) is 5.69 Å². The van der Waals surface area contributed by atoms with Gasteiger partial charge in [-0.25, -0.2) is 9.67 Å². The second kappa shape index (κ2) is 7.22. The Labute approximate surface area is 138 Å². The summed E-state index contributed by atoms with van der Waals surface area (Å²) in [6.45, 7) is 0.771. The Morgan fingerprint density at radius 3 is 2.54 bits per heavy atom. The molecule has 0 aliphatic carbocycles. The molecule has 3 rings (SSSR count). The standard InChI is InChI=1S/C16H18N4O4/c21-15(22)9-19(13-5-7-24-8-6-13)16(23)12-1-3-14(4-2-12)20-11-17-10-18-20/h1-4,10-11,13H,5-9H2,(H,21,22). The van der Waals surface area contributed by atoms with E-state index in [1.807, 2.05) is 0 Å². The molecule has 8 heteroatoms. The van der Waals surface area contributed by atoms with Crippen LogP contribution in [0.1, 0.15) is 23.2 Å². The van der Waals surface area contributed by atoms with Crippen LogP contribution in [-0.4, -0.2) is 62.4 Å². The van der Waals surface area contributed by atoms with Crippen LogP contribution in [0.2, 0.25) is 0 Å². The number of nitrogens with zero attached hydrogens (tertiary/aromatic N) is 4. The Hall–Kier alpha value is -2.74. The number of carboxylic acid groups (broad SMARTS) is 1. The van der Waals surface area contributed by atoms with Gasteiger partial charge in [0.1, 0.15) is 19.2 Å². The van der Waals surface area contributed by atoms with Crippen LogP contribution in [0, 0.1) is 0 Å². The minimum atomic E-state index is -1.02. The number of carboxylic acids is 1. The number of hydrogen-bond acceptors (Lipinski definition) is 5. The highest BCUT2D eigenvalue weighted by atomic mass is 16.5. The fourth-order valence-electron chi connectivity index (χ4n) is 2.77. The number of aromatic nitrogens is 3. The van der Waals surface area contributed by atoms with Crippen LogP contribution < -0.4 is 0 Å². The summed E-state index contributed by atoms with van der Waals surface area (Å²) in [5.74, 6) is -1.30. The zero-order valence-electron chi connectivity index (χ0n) is 13.0. The molecule has 0 unspecified atom stereocenters. The molecule has 1 aromatic carbocycles. The van der Waals surface area contributed by atoms with E-state index in [4.69, 9.17) is 9.84 Å². The number of amides is 1. The summed E-state index contributed by atoms with van der Waals surface area (Å²) in [6, 6.07) is 6.74. The molecule has 0 bridgehead atoms. The second-order valence-electron chi connectivity index (χ2n) is 5.56. The number of hydrogen-bond donors (Lipinski definition) is 1. The van der Waals surface area contributed by atoms with E-state index in [0.717, 1.165) is 5.69 Å². The third-order valence-electron chi connectivity index (χ3n) is 4.00. The lowest BCUT2D eigenvalue weighted by Crippen LogP contribution is -2.46. The van der Waals surface area contributed by atoms with Crippen LogP contribution in [0.4, 0.5) is 0 Å². The summed E-state index contributed by atoms with van der Waals surface area (Å²) in [5, 5.41) is 13.2. The first-order valence-corrected chi connectivity index (χ1v) is 7.71. The van der Waals surface area contributed by atoms with E-state index in [1.54, 1.807) is 35.3 Å². The van der Waals surface area contributed by atoms with Gasteiger partial charge in [-0.2, -0.15) is 5.10 Å². The van der Waals surface area contributed by atoms with Crippen molar-refractivity contribution in [1.82, 2.24) is 19.7 Å². The Bertz CT molecular complexity index is 693. The highest BCUT2D eigenvalue weighted by Crippen LogP contribution is 2.18. The average Bonchev–Trinajstić information content (AvgIpc) is 3.14. The van der Waals surface area contributed by atoms with Gasteiger partial charge in [-0.1, -0.05) is 0 Å². The van der Waals surface area contributed by atoms with E-state index >= 15 is 0 Å². The summed E-state index contributed by atoms with van der Waals surface area (Å²) in [5.41, 5.74) is 1.23. The van der Waals surface area contributed by atoms with E-state index in [1.165, 1.54) is 11.2 Å². The smallest absolute Gasteiger partial charge is 0.323 e. The summed E-state index contributed by atoms with van der Waals surface area (Å²) >= 11 is 0. The predicted molar refractivity (Wildman–Crippen MR) is 83.9 cm³/mol. The Morgan fingerprint density at radius 2 is 1.96 bits per heavy atom. The van der Waals surface area contributed by atoms with Gasteiger partial charge in [0, 0.05) is 24.8 Å². The van der Waals surface area contributed by atoms with Crippen molar-refractivity contribution in [3.05, 3.63) is 42.5 Å². The molecule has 24 heavy (non-hydrogen) atoms. The first kappa shape index (κ1) is 16.1. The lowest BCUT2D eigenvalue weighted by Gasteiger charge is -2.33. The number of carbonyl (C=O) groups is 2. The van der Waals surface area contributed by atoms with Crippen LogP contribution >= 0.6 is 0 Å². The SMILES string of the molecule is O=C(O)CN(C(=O)c1ccc(-n2cncn2)cc1)C1CCOCC1. The quantitative estimate of drug-likeness (QED) is 0.877. The van der Waals surface area contributed by atoms with Gasteiger partial charge in [0.15, 0.2) is 0 Å². The van der Waals surface area contributed by atoms with Crippen LogP contribution in [0.5, 0.6) is 0 Å². The monoisotopic (exact) mass is 330 g/mol. The first-order valence-electron chi connectivity index (χ1n) is 7.71. The van der Waals surface area contributed by atoms with Crippen molar-refractivity contribution in [3.63, 3.8) is 0 Å². The molecule has 0 spiro atoms. The zero-order valence-corrected chi connectivity index (χ0v) is 13.0. The molecule has 8 nitrogen and oxygen atoms in total. The van der Waals surface area contributed by atoms with Crippen molar-refractivity contribution in [2.75, 3.05) is 19.8 Å². The topological polar surface area (TPSA) is 97.6 Å². The Balaban J connectivity index is 1.79.